The molecule has 2 atom stereocenters. The second-order valence-electron chi connectivity index (χ2n) is 7.22. The molecule has 0 bridgehead atoms. The largest absolute Gasteiger partial charge is 0.445 e. The molecule has 0 radical (unpaired) electrons. The van der Waals surface area contributed by atoms with Crippen molar-refractivity contribution in [3.63, 3.8) is 0 Å². The number of hydrogen-bond donors (Lipinski definition) is 4. The van der Waals surface area contributed by atoms with E-state index in [1.807, 2.05) is 6.07 Å². The Balaban J connectivity index is 1.77. The van der Waals surface area contributed by atoms with Gasteiger partial charge in [-0.25, -0.2) is 4.79 Å². The van der Waals surface area contributed by atoms with E-state index >= 15 is 0 Å². The lowest BCUT2D eigenvalue weighted by Gasteiger charge is -2.18. The molecule has 0 saturated heterocycles. The monoisotopic (exact) mass is 467 g/mol. The van der Waals surface area contributed by atoms with E-state index in [4.69, 9.17) is 10.5 Å². The summed E-state index contributed by atoms with van der Waals surface area (Å²) in [5.41, 5.74) is 5.56. The van der Waals surface area contributed by atoms with Crippen molar-refractivity contribution >= 4 is 17.9 Å². The van der Waals surface area contributed by atoms with Gasteiger partial charge in [0, 0.05) is 13.0 Å². The molecule has 3 amide bonds. The van der Waals surface area contributed by atoms with Gasteiger partial charge in [0.1, 0.15) is 12.6 Å². The number of alkyl halides is 3. The Morgan fingerprint density at radius 2 is 1.64 bits per heavy atom. The van der Waals surface area contributed by atoms with Crippen LogP contribution in [-0.2, 0) is 33.5 Å². The summed E-state index contributed by atoms with van der Waals surface area (Å²) in [4.78, 5) is 35.5. The summed E-state index contributed by atoms with van der Waals surface area (Å²) in [5, 5.41) is 14.6. The predicted molar refractivity (Wildman–Crippen MR) is 112 cm³/mol. The molecule has 0 aliphatic rings. The second-order valence-corrected chi connectivity index (χ2v) is 7.22. The van der Waals surface area contributed by atoms with Gasteiger partial charge in [-0.05, 0) is 23.3 Å². The minimum absolute atomic E-state index is 0.0352. The Hall–Kier alpha value is -3.60. The molecule has 33 heavy (non-hydrogen) atoms. The maximum absolute atomic E-state index is 12.6. The molecule has 2 aromatic rings. The van der Waals surface area contributed by atoms with Gasteiger partial charge in [-0.2, -0.15) is 13.2 Å². The summed E-state index contributed by atoms with van der Waals surface area (Å²) in [5.74, 6) is -1.61. The lowest BCUT2D eigenvalue weighted by atomic mass is 10.0. The van der Waals surface area contributed by atoms with Crippen molar-refractivity contribution < 1.29 is 37.4 Å². The van der Waals surface area contributed by atoms with Crippen LogP contribution < -0.4 is 16.4 Å². The highest BCUT2D eigenvalue weighted by Crippen LogP contribution is 2.29. The molecule has 2 aromatic carbocycles. The van der Waals surface area contributed by atoms with Gasteiger partial charge in [0.05, 0.1) is 18.1 Å². The molecular formula is C22H24F3N3O5. The van der Waals surface area contributed by atoms with E-state index in [1.54, 1.807) is 24.3 Å². The number of primary amides is 1. The standard InChI is InChI=1S/C22H24F3N3O5/c23-22(24,25)16-8-6-14(7-9-16)10-18(20(26)31)28-19(30)11-17(29)12-27-21(32)33-13-15-4-2-1-3-5-15/h1-9,17-18,29H,10-13H2,(H2,26,31)(H,27,32)(H,28,30)/t17-,18+/m0/s1. The summed E-state index contributed by atoms with van der Waals surface area (Å²) in [6.07, 6.45) is -7.12. The van der Waals surface area contributed by atoms with Crippen LogP contribution in [0.25, 0.3) is 0 Å². The van der Waals surface area contributed by atoms with Crippen LogP contribution in [0.4, 0.5) is 18.0 Å². The van der Waals surface area contributed by atoms with Crippen LogP contribution in [0, 0.1) is 0 Å². The quantitative estimate of drug-likeness (QED) is 0.424. The van der Waals surface area contributed by atoms with Crippen LogP contribution in [-0.4, -0.2) is 41.7 Å². The van der Waals surface area contributed by atoms with Gasteiger partial charge >= 0.3 is 12.3 Å². The van der Waals surface area contributed by atoms with Gasteiger partial charge in [0.15, 0.2) is 0 Å². The van der Waals surface area contributed by atoms with Crippen molar-refractivity contribution in [2.45, 2.75) is 37.8 Å². The maximum Gasteiger partial charge on any atom is 0.416 e. The summed E-state index contributed by atoms with van der Waals surface area (Å²) in [6.45, 7) is -0.241. The number of aliphatic hydroxyl groups excluding tert-OH is 1. The van der Waals surface area contributed by atoms with E-state index in [-0.39, 0.29) is 19.6 Å². The lowest BCUT2D eigenvalue weighted by Crippen LogP contribution is -2.47. The minimum Gasteiger partial charge on any atom is -0.445 e. The molecule has 0 heterocycles. The predicted octanol–water partition coefficient (Wildman–Crippen LogP) is 1.90. The van der Waals surface area contributed by atoms with Crippen LogP contribution in [0.2, 0.25) is 0 Å². The molecule has 0 fully saturated rings. The van der Waals surface area contributed by atoms with E-state index in [0.29, 0.717) is 5.56 Å². The number of alkyl carbamates (subject to hydrolysis) is 1. The number of hydrogen-bond acceptors (Lipinski definition) is 5. The van der Waals surface area contributed by atoms with Crippen LogP contribution in [0.3, 0.4) is 0 Å². The first kappa shape index (κ1) is 25.7. The molecule has 0 unspecified atom stereocenters. The molecule has 0 spiro atoms. The smallest absolute Gasteiger partial charge is 0.416 e. The third-order valence-electron chi connectivity index (χ3n) is 4.52. The number of ether oxygens (including phenoxy) is 1. The fourth-order valence-electron chi connectivity index (χ4n) is 2.80. The van der Waals surface area contributed by atoms with Gasteiger partial charge in [0.25, 0.3) is 0 Å². The van der Waals surface area contributed by atoms with Gasteiger partial charge in [-0.1, -0.05) is 42.5 Å². The summed E-state index contributed by atoms with van der Waals surface area (Å²) < 4.78 is 42.9. The molecule has 11 heteroatoms. The Bertz CT molecular complexity index is 937. The van der Waals surface area contributed by atoms with Crippen molar-refractivity contribution in [2.75, 3.05) is 6.54 Å². The highest BCUT2D eigenvalue weighted by Gasteiger charge is 2.30. The fraction of sp³-hybridized carbons (Fsp3) is 0.318. The Labute approximate surface area is 187 Å². The number of nitrogens with one attached hydrogen (secondary N) is 2. The van der Waals surface area contributed by atoms with Crippen molar-refractivity contribution in [1.82, 2.24) is 10.6 Å². The van der Waals surface area contributed by atoms with E-state index < -0.39 is 48.2 Å². The molecule has 5 N–H and O–H groups in total. The highest BCUT2D eigenvalue weighted by molar-refractivity contribution is 5.87. The number of halogens is 3. The van der Waals surface area contributed by atoms with Crippen LogP contribution in [0.1, 0.15) is 23.1 Å². The maximum atomic E-state index is 12.6. The Morgan fingerprint density at radius 1 is 1.00 bits per heavy atom. The van der Waals surface area contributed by atoms with Gasteiger partial charge in [0.2, 0.25) is 11.8 Å². The number of rotatable bonds is 10. The third-order valence-corrected chi connectivity index (χ3v) is 4.52. The zero-order valence-corrected chi connectivity index (χ0v) is 17.5. The summed E-state index contributed by atoms with van der Waals surface area (Å²) in [6, 6.07) is 11.8. The van der Waals surface area contributed by atoms with Crippen LogP contribution >= 0.6 is 0 Å². The molecule has 2 rings (SSSR count). The molecule has 0 aliphatic heterocycles. The number of carbonyl (C=O) groups excluding carboxylic acids is 3. The fourth-order valence-corrected chi connectivity index (χ4v) is 2.80. The molecular weight excluding hydrogens is 443 g/mol. The lowest BCUT2D eigenvalue weighted by molar-refractivity contribution is -0.137. The van der Waals surface area contributed by atoms with E-state index in [0.717, 1.165) is 17.7 Å². The Kier molecular flexibility index (Phi) is 9.22. The average molecular weight is 467 g/mol. The van der Waals surface area contributed by atoms with Gasteiger partial charge in [-0.3, -0.25) is 9.59 Å². The van der Waals surface area contributed by atoms with Crippen molar-refractivity contribution in [2.24, 2.45) is 5.73 Å². The van der Waals surface area contributed by atoms with E-state index in [2.05, 4.69) is 10.6 Å². The van der Waals surface area contributed by atoms with Crippen molar-refractivity contribution in [3.8, 4) is 0 Å². The number of nitrogens with two attached hydrogens (primary N) is 1. The topological polar surface area (TPSA) is 131 Å². The minimum atomic E-state index is -4.49. The zero-order chi connectivity index (χ0) is 24.4. The van der Waals surface area contributed by atoms with Crippen molar-refractivity contribution in [1.29, 1.82) is 0 Å². The number of benzene rings is 2. The number of carbonyl (C=O) groups is 3. The van der Waals surface area contributed by atoms with Gasteiger partial charge < -0.3 is 26.2 Å². The van der Waals surface area contributed by atoms with Gasteiger partial charge in [-0.15, -0.1) is 0 Å². The van der Waals surface area contributed by atoms with E-state index in [9.17, 15) is 32.7 Å². The number of aliphatic hydroxyl groups is 1. The second kappa shape index (κ2) is 11.9. The summed E-state index contributed by atoms with van der Waals surface area (Å²) in [7, 11) is 0. The molecule has 0 aromatic heterocycles. The highest BCUT2D eigenvalue weighted by atomic mass is 19.4. The van der Waals surface area contributed by atoms with Crippen LogP contribution in [0.15, 0.2) is 54.6 Å². The third kappa shape index (κ3) is 9.19. The normalized spacial score (nSPS) is 13.0. The first-order valence-electron chi connectivity index (χ1n) is 9.92. The first-order valence-corrected chi connectivity index (χ1v) is 9.92. The molecule has 178 valence electrons. The van der Waals surface area contributed by atoms with Crippen LogP contribution in [0.5, 0.6) is 0 Å². The SMILES string of the molecule is NC(=O)[C@@H](Cc1ccc(C(F)(F)F)cc1)NC(=O)C[C@H](O)CNC(=O)OCc1ccccc1. The average Bonchev–Trinajstić information content (AvgIpc) is 2.76. The number of amides is 3. The molecule has 8 nitrogen and oxygen atoms in total. The molecule has 0 saturated carbocycles. The van der Waals surface area contributed by atoms with Crippen molar-refractivity contribution in [3.05, 3.63) is 71.3 Å². The van der Waals surface area contributed by atoms with E-state index in [1.165, 1.54) is 12.1 Å². The zero-order valence-electron chi connectivity index (χ0n) is 17.5. The molecule has 0 aliphatic carbocycles. The Morgan fingerprint density at radius 3 is 2.21 bits per heavy atom. The first-order chi connectivity index (χ1) is 15.5. The summed E-state index contributed by atoms with van der Waals surface area (Å²) >= 11 is 0.